The molecule has 0 amide bonds. The van der Waals surface area contributed by atoms with Crippen LogP contribution in [0.3, 0.4) is 0 Å². The van der Waals surface area contributed by atoms with Crippen LogP contribution in [-0.2, 0) is 4.74 Å². The van der Waals surface area contributed by atoms with Crippen molar-refractivity contribution in [2.45, 2.75) is 18.6 Å². The van der Waals surface area contributed by atoms with Crippen LogP contribution in [-0.4, -0.2) is 19.3 Å². The number of halogens is 4. The van der Waals surface area contributed by atoms with E-state index >= 15 is 0 Å². The molecule has 3 nitrogen and oxygen atoms in total. The maximum Gasteiger partial charge on any atom is 0.390 e. The van der Waals surface area contributed by atoms with Gasteiger partial charge in [0.15, 0.2) is 0 Å². The second kappa shape index (κ2) is 6.61. The number of rotatable bonds is 3. The van der Waals surface area contributed by atoms with Crippen LogP contribution in [0, 0.1) is 0 Å². The van der Waals surface area contributed by atoms with Crippen LogP contribution in [0.2, 0.25) is 0 Å². The topological polar surface area (TPSA) is 52.3 Å². The average Bonchev–Trinajstić information content (AvgIpc) is 2.25. The van der Waals surface area contributed by atoms with Crippen LogP contribution in [0.4, 0.5) is 13.2 Å². The number of alkyl halides is 3. The molecule has 0 aliphatic heterocycles. The third kappa shape index (κ3) is 4.54. The Morgan fingerprint density at radius 3 is 2.44 bits per heavy atom. The lowest BCUT2D eigenvalue weighted by Gasteiger charge is -2.16. The summed E-state index contributed by atoms with van der Waals surface area (Å²) in [5.74, 6) is -0.696. The highest BCUT2D eigenvalue weighted by molar-refractivity contribution is 5.91. The molecule has 1 aromatic carbocycles. The molecule has 102 valence electrons. The first-order valence-corrected chi connectivity index (χ1v) is 4.84. The molecule has 0 bridgehead atoms. The molecule has 1 atom stereocenters. The molecule has 7 heteroatoms. The summed E-state index contributed by atoms with van der Waals surface area (Å²) in [6, 6.07) is 4.57. The third-order valence-corrected chi connectivity index (χ3v) is 2.22. The van der Waals surface area contributed by atoms with Gasteiger partial charge >= 0.3 is 12.1 Å². The van der Waals surface area contributed by atoms with E-state index in [4.69, 9.17) is 5.73 Å². The minimum atomic E-state index is -4.37. The molecule has 0 saturated heterocycles. The first kappa shape index (κ1) is 16.7. The SMILES string of the molecule is COC(=O)c1ccccc1[C@H](N)CC(F)(F)F.Cl. The Bertz CT molecular complexity index is 410. The molecule has 0 fully saturated rings. The summed E-state index contributed by atoms with van der Waals surface area (Å²) in [4.78, 5) is 11.3. The predicted octanol–water partition coefficient (Wildman–Crippen LogP) is 2.85. The van der Waals surface area contributed by atoms with Gasteiger partial charge in [-0.15, -0.1) is 12.4 Å². The van der Waals surface area contributed by atoms with Gasteiger partial charge in [-0.25, -0.2) is 4.79 Å². The summed E-state index contributed by atoms with van der Waals surface area (Å²) >= 11 is 0. The van der Waals surface area contributed by atoms with Gasteiger partial charge in [-0.05, 0) is 11.6 Å². The van der Waals surface area contributed by atoms with Crippen LogP contribution >= 0.6 is 12.4 Å². The summed E-state index contributed by atoms with van der Waals surface area (Å²) < 4.78 is 41.1. The number of hydrogen-bond acceptors (Lipinski definition) is 3. The quantitative estimate of drug-likeness (QED) is 0.868. The zero-order chi connectivity index (χ0) is 13.1. The third-order valence-electron chi connectivity index (χ3n) is 2.22. The van der Waals surface area contributed by atoms with E-state index < -0.39 is 24.6 Å². The van der Waals surface area contributed by atoms with Gasteiger partial charge < -0.3 is 10.5 Å². The summed E-state index contributed by atoms with van der Waals surface area (Å²) in [5.41, 5.74) is 5.64. The number of benzene rings is 1. The van der Waals surface area contributed by atoms with Gasteiger partial charge in [0.05, 0.1) is 19.1 Å². The highest BCUT2D eigenvalue weighted by Crippen LogP contribution is 2.29. The van der Waals surface area contributed by atoms with Gasteiger partial charge in [0.2, 0.25) is 0 Å². The van der Waals surface area contributed by atoms with Crippen molar-refractivity contribution in [3.8, 4) is 0 Å². The normalized spacial score (nSPS) is 12.5. The fraction of sp³-hybridized carbons (Fsp3) is 0.364. The molecule has 0 aliphatic rings. The van der Waals surface area contributed by atoms with Gasteiger partial charge in [0, 0.05) is 6.04 Å². The van der Waals surface area contributed by atoms with E-state index in [1.54, 1.807) is 0 Å². The highest BCUT2D eigenvalue weighted by Gasteiger charge is 2.32. The Morgan fingerprint density at radius 2 is 1.94 bits per heavy atom. The molecule has 0 radical (unpaired) electrons. The Balaban J connectivity index is 0.00000289. The summed E-state index contributed by atoms with van der Waals surface area (Å²) in [5, 5.41) is 0. The van der Waals surface area contributed by atoms with Crippen molar-refractivity contribution in [2.75, 3.05) is 7.11 Å². The Kier molecular flexibility index (Phi) is 6.14. The number of hydrogen-bond donors (Lipinski definition) is 1. The smallest absolute Gasteiger partial charge is 0.390 e. The lowest BCUT2D eigenvalue weighted by atomic mass is 9.98. The van der Waals surface area contributed by atoms with E-state index in [1.165, 1.54) is 24.3 Å². The molecule has 0 spiro atoms. The molecule has 0 aromatic heterocycles. The minimum absolute atomic E-state index is 0. The Hall–Kier alpha value is -1.27. The zero-order valence-electron chi connectivity index (χ0n) is 9.53. The standard InChI is InChI=1S/C11H12F3NO2.ClH/c1-17-10(16)8-5-3-2-4-7(8)9(15)6-11(12,13)14;/h2-5,9H,6,15H2,1H3;1H/t9-;/m1./s1. The van der Waals surface area contributed by atoms with Crippen molar-refractivity contribution < 1.29 is 22.7 Å². The van der Waals surface area contributed by atoms with Crippen molar-refractivity contribution in [3.05, 3.63) is 35.4 Å². The van der Waals surface area contributed by atoms with Gasteiger partial charge in [0.1, 0.15) is 0 Å². The van der Waals surface area contributed by atoms with E-state index in [-0.39, 0.29) is 23.5 Å². The van der Waals surface area contributed by atoms with E-state index in [2.05, 4.69) is 4.74 Å². The number of carbonyl (C=O) groups is 1. The second-order valence-corrected chi connectivity index (χ2v) is 3.50. The van der Waals surface area contributed by atoms with Crippen molar-refractivity contribution in [1.82, 2.24) is 0 Å². The van der Waals surface area contributed by atoms with Crippen molar-refractivity contribution >= 4 is 18.4 Å². The monoisotopic (exact) mass is 283 g/mol. The lowest BCUT2D eigenvalue weighted by molar-refractivity contribution is -0.138. The van der Waals surface area contributed by atoms with Crippen LogP contribution in [0.1, 0.15) is 28.4 Å². The minimum Gasteiger partial charge on any atom is -0.465 e. The predicted molar refractivity (Wildman–Crippen MR) is 62.6 cm³/mol. The Morgan fingerprint density at radius 1 is 1.39 bits per heavy atom. The molecular weight excluding hydrogens is 271 g/mol. The van der Waals surface area contributed by atoms with Gasteiger partial charge in [-0.1, -0.05) is 18.2 Å². The fourth-order valence-electron chi connectivity index (χ4n) is 1.48. The molecule has 0 aliphatic carbocycles. The first-order chi connectivity index (χ1) is 7.85. The second-order valence-electron chi connectivity index (χ2n) is 3.50. The van der Waals surface area contributed by atoms with Crippen molar-refractivity contribution in [2.24, 2.45) is 5.73 Å². The van der Waals surface area contributed by atoms with Crippen LogP contribution in [0.15, 0.2) is 24.3 Å². The van der Waals surface area contributed by atoms with Crippen molar-refractivity contribution in [1.29, 1.82) is 0 Å². The van der Waals surface area contributed by atoms with Crippen LogP contribution in [0.5, 0.6) is 0 Å². The molecule has 2 N–H and O–H groups in total. The fourth-order valence-corrected chi connectivity index (χ4v) is 1.48. The average molecular weight is 284 g/mol. The first-order valence-electron chi connectivity index (χ1n) is 4.84. The summed E-state index contributed by atoms with van der Waals surface area (Å²) in [6.07, 6.45) is -5.55. The molecule has 0 unspecified atom stereocenters. The van der Waals surface area contributed by atoms with Gasteiger partial charge in [-0.2, -0.15) is 13.2 Å². The zero-order valence-corrected chi connectivity index (χ0v) is 10.3. The summed E-state index contributed by atoms with van der Waals surface area (Å²) in [6.45, 7) is 0. The van der Waals surface area contributed by atoms with Gasteiger partial charge in [0.25, 0.3) is 0 Å². The van der Waals surface area contributed by atoms with Crippen LogP contribution < -0.4 is 5.73 Å². The maximum absolute atomic E-state index is 12.2. The number of carbonyl (C=O) groups excluding carboxylic acids is 1. The maximum atomic E-state index is 12.2. The van der Waals surface area contributed by atoms with E-state index in [0.29, 0.717) is 0 Å². The molecule has 18 heavy (non-hydrogen) atoms. The Labute approximate surface area is 109 Å². The number of esters is 1. The highest BCUT2D eigenvalue weighted by atomic mass is 35.5. The van der Waals surface area contributed by atoms with Gasteiger partial charge in [-0.3, -0.25) is 0 Å². The summed E-state index contributed by atoms with van der Waals surface area (Å²) in [7, 11) is 1.16. The number of ether oxygens (including phenoxy) is 1. The van der Waals surface area contributed by atoms with Crippen LogP contribution in [0.25, 0.3) is 0 Å². The van der Waals surface area contributed by atoms with E-state index in [9.17, 15) is 18.0 Å². The largest absolute Gasteiger partial charge is 0.465 e. The molecular formula is C11H13ClF3NO2. The number of nitrogens with two attached hydrogens (primary N) is 1. The lowest BCUT2D eigenvalue weighted by Crippen LogP contribution is -2.22. The molecule has 0 heterocycles. The molecule has 1 rings (SSSR count). The van der Waals surface area contributed by atoms with E-state index in [0.717, 1.165) is 7.11 Å². The molecule has 0 saturated carbocycles. The van der Waals surface area contributed by atoms with Crippen molar-refractivity contribution in [3.63, 3.8) is 0 Å². The molecule has 1 aromatic rings. The number of methoxy groups -OCH3 is 1. The van der Waals surface area contributed by atoms with E-state index in [1.807, 2.05) is 0 Å².